The van der Waals surface area contributed by atoms with Gasteiger partial charge in [0.2, 0.25) is 5.89 Å². The summed E-state index contributed by atoms with van der Waals surface area (Å²) >= 11 is 1.53. The van der Waals surface area contributed by atoms with Gasteiger partial charge < -0.3 is 13.7 Å². The highest BCUT2D eigenvalue weighted by Crippen LogP contribution is 2.30. The Morgan fingerprint density at radius 2 is 1.94 bits per heavy atom. The molecule has 0 aliphatic rings. The number of ether oxygens (including phenoxy) is 1. The van der Waals surface area contributed by atoms with Crippen LogP contribution < -0.4 is 0 Å². The first-order valence-electron chi connectivity index (χ1n) is 9.60. The van der Waals surface area contributed by atoms with E-state index in [1.165, 1.54) is 11.3 Å². The van der Waals surface area contributed by atoms with Crippen molar-refractivity contribution in [3.05, 3.63) is 76.6 Å². The van der Waals surface area contributed by atoms with Crippen molar-refractivity contribution in [1.29, 1.82) is 0 Å². The minimum Gasteiger partial charge on any atom is -0.455 e. The Morgan fingerprint density at radius 3 is 2.71 bits per heavy atom. The van der Waals surface area contributed by atoms with Crippen molar-refractivity contribution in [1.82, 2.24) is 15.1 Å². The molecule has 0 aliphatic heterocycles. The lowest BCUT2D eigenvalue weighted by Gasteiger charge is -2.06. The van der Waals surface area contributed by atoms with Crippen molar-refractivity contribution in [2.75, 3.05) is 0 Å². The fraction of sp³-hybridized carbons (Fsp3) is 0.130. The molecule has 0 N–H and O–H groups in total. The Bertz CT molecular complexity index is 1370. The number of hydrogen-bond donors (Lipinski definition) is 0. The number of carbonyl (C=O) groups excluding carboxylic acids is 1. The summed E-state index contributed by atoms with van der Waals surface area (Å²) in [5, 5.41) is 6.46. The maximum absolute atomic E-state index is 13.0. The number of hydrogen-bond acceptors (Lipinski definition) is 8. The first kappa shape index (κ1) is 19.2. The summed E-state index contributed by atoms with van der Waals surface area (Å²) in [6, 6.07) is 15.1. The number of esters is 1. The molecule has 8 heteroatoms. The normalized spacial score (nSPS) is 11.2. The van der Waals surface area contributed by atoms with E-state index in [4.69, 9.17) is 13.7 Å². The van der Waals surface area contributed by atoms with Gasteiger partial charge in [0.15, 0.2) is 0 Å². The average molecular weight is 431 g/mol. The molecule has 154 valence electrons. The van der Waals surface area contributed by atoms with Gasteiger partial charge >= 0.3 is 5.97 Å². The van der Waals surface area contributed by atoms with Crippen LogP contribution in [0.15, 0.2) is 62.9 Å². The van der Waals surface area contributed by atoms with E-state index in [1.807, 2.05) is 47.8 Å². The highest BCUT2D eigenvalue weighted by molar-refractivity contribution is 7.13. The van der Waals surface area contributed by atoms with Gasteiger partial charge in [-0.05, 0) is 43.5 Å². The smallest absolute Gasteiger partial charge is 0.339 e. The van der Waals surface area contributed by atoms with Crippen LogP contribution in [-0.4, -0.2) is 21.1 Å². The molecule has 0 spiro atoms. The molecule has 4 heterocycles. The first-order chi connectivity index (χ1) is 15.1. The minimum absolute atomic E-state index is 0.0104. The Kier molecular flexibility index (Phi) is 4.83. The lowest BCUT2D eigenvalue weighted by atomic mass is 10.1. The third kappa shape index (κ3) is 3.62. The molecule has 31 heavy (non-hydrogen) atoms. The predicted octanol–water partition coefficient (Wildman–Crippen LogP) is 5.58. The lowest BCUT2D eigenvalue weighted by molar-refractivity contribution is 0.0469. The largest absolute Gasteiger partial charge is 0.455 e. The van der Waals surface area contributed by atoms with E-state index in [1.54, 1.807) is 19.9 Å². The highest BCUT2D eigenvalue weighted by atomic mass is 32.1. The third-order valence-corrected chi connectivity index (χ3v) is 5.76. The molecule has 0 unspecified atom stereocenters. The maximum Gasteiger partial charge on any atom is 0.339 e. The lowest BCUT2D eigenvalue weighted by Crippen LogP contribution is -2.08. The van der Waals surface area contributed by atoms with E-state index in [2.05, 4.69) is 15.1 Å². The topological polar surface area (TPSA) is 91.2 Å². The number of rotatable bonds is 5. The van der Waals surface area contributed by atoms with Crippen LogP contribution >= 0.6 is 11.3 Å². The fourth-order valence-electron chi connectivity index (χ4n) is 3.28. The number of carbonyl (C=O) groups is 1. The summed E-state index contributed by atoms with van der Waals surface area (Å²) in [5.41, 5.74) is 3.30. The first-order valence-corrected chi connectivity index (χ1v) is 10.5. The van der Waals surface area contributed by atoms with Crippen molar-refractivity contribution >= 4 is 28.4 Å². The van der Waals surface area contributed by atoms with Gasteiger partial charge in [-0.25, -0.2) is 14.8 Å². The predicted molar refractivity (Wildman–Crippen MR) is 116 cm³/mol. The van der Waals surface area contributed by atoms with E-state index < -0.39 is 5.97 Å². The molecule has 5 aromatic rings. The van der Waals surface area contributed by atoms with E-state index in [0.717, 1.165) is 10.4 Å². The fourth-order valence-corrected chi connectivity index (χ4v) is 3.97. The Hall–Kier alpha value is -3.78. The van der Waals surface area contributed by atoms with Crippen molar-refractivity contribution in [2.45, 2.75) is 20.5 Å². The van der Waals surface area contributed by atoms with Crippen LogP contribution in [0, 0.1) is 13.8 Å². The van der Waals surface area contributed by atoms with Crippen molar-refractivity contribution < 1.29 is 18.5 Å². The molecule has 0 atom stereocenters. The van der Waals surface area contributed by atoms with Crippen LogP contribution in [0.2, 0.25) is 0 Å². The van der Waals surface area contributed by atoms with E-state index in [-0.39, 0.29) is 6.61 Å². The van der Waals surface area contributed by atoms with Gasteiger partial charge in [-0.2, -0.15) is 0 Å². The summed E-state index contributed by atoms with van der Waals surface area (Å²) < 4.78 is 16.7. The van der Waals surface area contributed by atoms with Gasteiger partial charge in [0, 0.05) is 5.56 Å². The molecule has 0 radical (unpaired) electrons. The number of aromatic nitrogens is 3. The summed E-state index contributed by atoms with van der Waals surface area (Å²) in [4.78, 5) is 22.9. The summed E-state index contributed by atoms with van der Waals surface area (Å²) in [6.07, 6.45) is 0. The molecule has 7 nitrogen and oxygen atoms in total. The van der Waals surface area contributed by atoms with E-state index >= 15 is 0 Å². The van der Waals surface area contributed by atoms with Gasteiger partial charge in [0.05, 0.1) is 27.2 Å². The summed E-state index contributed by atoms with van der Waals surface area (Å²) in [7, 11) is 0. The molecule has 5 rings (SSSR count). The maximum atomic E-state index is 13.0. The number of pyridine rings is 1. The zero-order valence-electron chi connectivity index (χ0n) is 16.8. The van der Waals surface area contributed by atoms with Gasteiger partial charge in [0.25, 0.3) is 5.71 Å². The molecule has 0 saturated carbocycles. The molecular weight excluding hydrogens is 414 g/mol. The number of oxazole rings is 1. The van der Waals surface area contributed by atoms with Crippen molar-refractivity contribution in [2.24, 2.45) is 0 Å². The van der Waals surface area contributed by atoms with Crippen molar-refractivity contribution in [3.8, 4) is 22.0 Å². The van der Waals surface area contributed by atoms with Crippen LogP contribution in [0.3, 0.4) is 0 Å². The molecule has 0 fully saturated rings. The Labute approximate surface area is 181 Å². The SMILES string of the molecule is Cc1oc(-c2ccccc2)nc1COC(=O)c1cc(-c2cccs2)nc2onc(C)c12. The summed E-state index contributed by atoms with van der Waals surface area (Å²) in [6.45, 7) is 3.55. The molecule has 1 aromatic carbocycles. The number of benzene rings is 1. The van der Waals surface area contributed by atoms with Crippen LogP contribution in [-0.2, 0) is 11.3 Å². The van der Waals surface area contributed by atoms with E-state index in [9.17, 15) is 4.79 Å². The Balaban J connectivity index is 1.44. The molecule has 0 amide bonds. The number of fused-ring (bicyclic) bond motifs is 1. The monoisotopic (exact) mass is 431 g/mol. The highest BCUT2D eigenvalue weighted by Gasteiger charge is 2.22. The summed E-state index contributed by atoms with van der Waals surface area (Å²) in [5.74, 6) is 0.595. The second-order valence-electron chi connectivity index (χ2n) is 6.94. The molecule has 0 bridgehead atoms. The van der Waals surface area contributed by atoms with Gasteiger partial charge in [-0.15, -0.1) is 11.3 Å². The standard InChI is InChI=1S/C23H17N3O4S/c1-13-20-16(11-17(19-9-6-10-31-19)24-22(20)30-26-13)23(27)28-12-18-14(2)29-21(25-18)15-7-4-3-5-8-15/h3-11H,12H2,1-2H3. The van der Waals surface area contributed by atoms with Crippen molar-refractivity contribution in [3.63, 3.8) is 0 Å². The van der Waals surface area contributed by atoms with Crippen LogP contribution in [0.25, 0.3) is 33.1 Å². The molecular formula is C23H17N3O4S. The Morgan fingerprint density at radius 1 is 1.10 bits per heavy atom. The zero-order chi connectivity index (χ0) is 21.4. The third-order valence-electron chi connectivity index (χ3n) is 4.86. The number of nitrogens with zero attached hydrogens (tertiary/aromatic N) is 3. The van der Waals surface area contributed by atoms with Crippen LogP contribution in [0.5, 0.6) is 0 Å². The average Bonchev–Trinajstić information content (AvgIpc) is 3.53. The number of aryl methyl sites for hydroxylation is 2. The van der Waals surface area contributed by atoms with Gasteiger partial charge in [-0.1, -0.05) is 29.4 Å². The zero-order valence-corrected chi connectivity index (χ0v) is 17.6. The number of thiophene rings is 1. The van der Waals surface area contributed by atoms with Gasteiger partial charge in [-0.3, -0.25) is 0 Å². The second kappa shape index (κ2) is 7.81. The second-order valence-corrected chi connectivity index (χ2v) is 7.89. The molecule has 4 aromatic heterocycles. The minimum atomic E-state index is -0.500. The van der Waals surface area contributed by atoms with Crippen LogP contribution in [0.4, 0.5) is 0 Å². The molecule has 0 aliphatic carbocycles. The van der Waals surface area contributed by atoms with Gasteiger partial charge in [0.1, 0.15) is 18.1 Å². The quantitative estimate of drug-likeness (QED) is 0.335. The van der Waals surface area contributed by atoms with E-state index in [0.29, 0.717) is 45.4 Å². The van der Waals surface area contributed by atoms with Crippen LogP contribution in [0.1, 0.15) is 27.5 Å². The molecule has 0 saturated heterocycles.